The molecule has 0 saturated carbocycles. The maximum Gasteiger partial charge on any atom is 0.122 e. The quantitative estimate of drug-likeness (QED) is 0.838. The molecular weight excluding hydrogens is 328 g/mol. The fraction of sp³-hybridized carbons (Fsp3) is 0.444. The van der Waals surface area contributed by atoms with Crippen LogP contribution in [0.3, 0.4) is 0 Å². The SMILES string of the molecule is Clc1ccc(CN2CCN(Cc3ccc4c(c3)CCO4)CC2)s1. The minimum atomic E-state index is 0.837. The topological polar surface area (TPSA) is 15.7 Å². The Morgan fingerprint density at radius 2 is 1.78 bits per heavy atom. The van der Waals surface area contributed by atoms with Crippen molar-refractivity contribution in [2.45, 2.75) is 19.5 Å². The molecule has 0 N–H and O–H groups in total. The summed E-state index contributed by atoms with van der Waals surface area (Å²) in [4.78, 5) is 6.44. The highest BCUT2D eigenvalue weighted by Crippen LogP contribution is 2.27. The highest BCUT2D eigenvalue weighted by atomic mass is 35.5. The van der Waals surface area contributed by atoms with Crippen LogP contribution in [0.2, 0.25) is 4.34 Å². The van der Waals surface area contributed by atoms with Crippen LogP contribution in [0, 0.1) is 0 Å². The van der Waals surface area contributed by atoms with Gasteiger partial charge in [0.15, 0.2) is 0 Å². The Labute approximate surface area is 146 Å². The number of ether oxygens (including phenoxy) is 1. The van der Waals surface area contributed by atoms with E-state index in [9.17, 15) is 0 Å². The number of hydrogen-bond donors (Lipinski definition) is 0. The Kier molecular flexibility index (Phi) is 4.58. The maximum absolute atomic E-state index is 6.01. The molecule has 3 nitrogen and oxygen atoms in total. The molecule has 4 rings (SSSR count). The predicted molar refractivity (Wildman–Crippen MR) is 95.5 cm³/mol. The molecule has 0 aliphatic carbocycles. The Hall–Kier alpha value is -1.07. The van der Waals surface area contributed by atoms with Gasteiger partial charge < -0.3 is 4.74 Å². The average molecular weight is 349 g/mol. The van der Waals surface area contributed by atoms with Gasteiger partial charge >= 0.3 is 0 Å². The average Bonchev–Trinajstić information content (AvgIpc) is 3.17. The summed E-state index contributed by atoms with van der Waals surface area (Å²) < 4.78 is 6.48. The molecule has 1 aromatic carbocycles. The van der Waals surface area contributed by atoms with Crippen molar-refractivity contribution in [2.24, 2.45) is 0 Å². The number of piperazine rings is 1. The molecule has 2 aromatic rings. The predicted octanol–water partition coefficient (Wildman–Crippen LogP) is 3.65. The van der Waals surface area contributed by atoms with E-state index in [0.29, 0.717) is 0 Å². The lowest BCUT2D eigenvalue weighted by Gasteiger charge is -2.34. The van der Waals surface area contributed by atoms with Crippen LogP contribution in [0.5, 0.6) is 5.75 Å². The summed E-state index contributed by atoms with van der Waals surface area (Å²) in [6.07, 6.45) is 1.06. The summed E-state index contributed by atoms with van der Waals surface area (Å²) in [7, 11) is 0. The van der Waals surface area contributed by atoms with E-state index in [0.717, 1.165) is 62.4 Å². The summed E-state index contributed by atoms with van der Waals surface area (Å²) in [5, 5.41) is 0. The van der Waals surface area contributed by atoms with Crippen molar-refractivity contribution >= 4 is 22.9 Å². The van der Waals surface area contributed by atoms with Crippen LogP contribution in [-0.2, 0) is 19.5 Å². The molecule has 122 valence electrons. The van der Waals surface area contributed by atoms with Gasteiger partial charge in [-0.15, -0.1) is 11.3 Å². The zero-order valence-corrected chi connectivity index (χ0v) is 14.7. The molecule has 5 heteroatoms. The van der Waals surface area contributed by atoms with Crippen molar-refractivity contribution < 1.29 is 4.74 Å². The lowest BCUT2D eigenvalue weighted by molar-refractivity contribution is 0.123. The van der Waals surface area contributed by atoms with Gasteiger partial charge in [-0.2, -0.15) is 0 Å². The zero-order valence-electron chi connectivity index (χ0n) is 13.1. The number of benzene rings is 1. The number of thiophene rings is 1. The molecule has 1 aromatic heterocycles. The molecule has 0 radical (unpaired) electrons. The third-order valence-corrected chi connectivity index (χ3v) is 5.85. The second kappa shape index (κ2) is 6.81. The van der Waals surface area contributed by atoms with E-state index in [2.05, 4.69) is 34.1 Å². The summed E-state index contributed by atoms with van der Waals surface area (Å²) in [6.45, 7) is 7.43. The molecule has 0 unspecified atom stereocenters. The van der Waals surface area contributed by atoms with Crippen molar-refractivity contribution in [3.8, 4) is 5.75 Å². The molecule has 0 spiro atoms. The molecule has 1 fully saturated rings. The van der Waals surface area contributed by atoms with Crippen molar-refractivity contribution in [3.63, 3.8) is 0 Å². The summed E-state index contributed by atoms with van der Waals surface area (Å²) in [5.41, 5.74) is 2.78. The normalized spacial score (nSPS) is 18.8. The molecule has 0 amide bonds. The Bertz CT molecular complexity index is 679. The fourth-order valence-electron chi connectivity index (χ4n) is 3.36. The molecule has 1 saturated heterocycles. The van der Waals surface area contributed by atoms with Crippen LogP contribution in [0.4, 0.5) is 0 Å². The van der Waals surface area contributed by atoms with Crippen molar-refractivity contribution in [1.29, 1.82) is 0 Å². The van der Waals surface area contributed by atoms with Crippen LogP contribution in [0.25, 0.3) is 0 Å². The fourth-order valence-corrected chi connectivity index (χ4v) is 4.49. The van der Waals surface area contributed by atoms with Gasteiger partial charge in [-0.3, -0.25) is 9.80 Å². The number of nitrogens with zero attached hydrogens (tertiary/aromatic N) is 2. The maximum atomic E-state index is 6.01. The molecule has 0 atom stereocenters. The van der Waals surface area contributed by atoms with Crippen molar-refractivity contribution in [2.75, 3.05) is 32.8 Å². The monoisotopic (exact) mass is 348 g/mol. The lowest BCUT2D eigenvalue weighted by atomic mass is 10.1. The third kappa shape index (κ3) is 3.72. The van der Waals surface area contributed by atoms with Gasteiger partial charge in [0.1, 0.15) is 5.75 Å². The van der Waals surface area contributed by atoms with E-state index in [1.54, 1.807) is 11.3 Å². The van der Waals surface area contributed by atoms with E-state index in [4.69, 9.17) is 16.3 Å². The number of hydrogen-bond acceptors (Lipinski definition) is 4. The van der Waals surface area contributed by atoms with Gasteiger partial charge in [0.2, 0.25) is 0 Å². The van der Waals surface area contributed by atoms with Gasteiger partial charge in [0.25, 0.3) is 0 Å². The Morgan fingerprint density at radius 1 is 1.00 bits per heavy atom. The van der Waals surface area contributed by atoms with E-state index in [-0.39, 0.29) is 0 Å². The van der Waals surface area contributed by atoms with Gasteiger partial charge in [0, 0.05) is 50.6 Å². The summed E-state index contributed by atoms with van der Waals surface area (Å²) >= 11 is 7.71. The van der Waals surface area contributed by atoms with Crippen molar-refractivity contribution in [3.05, 3.63) is 50.7 Å². The largest absolute Gasteiger partial charge is 0.493 e. The summed E-state index contributed by atoms with van der Waals surface area (Å²) in [5.74, 6) is 1.08. The molecule has 2 aliphatic heterocycles. The smallest absolute Gasteiger partial charge is 0.122 e. The third-order valence-electron chi connectivity index (χ3n) is 4.63. The van der Waals surface area contributed by atoms with Crippen LogP contribution < -0.4 is 4.74 Å². The van der Waals surface area contributed by atoms with Crippen LogP contribution in [0.1, 0.15) is 16.0 Å². The van der Waals surface area contributed by atoms with E-state index >= 15 is 0 Å². The van der Waals surface area contributed by atoms with E-state index < -0.39 is 0 Å². The van der Waals surface area contributed by atoms with Crippen LogP contribution >= 0.6 is 22.9 Å². The van der Waals surface area contributed by atoms with Gasteiger partial charge in [0.05, 0.1) is 10.9 Å². The number of rotatable bonds is 4. The first-order valence-corrected chi connectivity index (χ1v) is 9.39. The number of halogens is 1. The molecule has 2 aliphatic rings. The standard InChI is InChI=1S/C18H21ClN2OS/c19-18-4-2-16(23-18)13-21-8-6-20(7-9-21)12-14-1-3-17-15(11-14)5-10-22-17/h1-4,11H,5-10,12-13H2. The van der Waals surface area contributed by atoms with Gasteiger partial charge in [-0.1, -0.05) is 23.7 Å². The Balaban J connectivity index is 1.29. The van der Waals surface area contributed by atoms with Crippen LogP contribution in [-0.4, -0.2) is 42.6 Å². The first kappa shape index (κ1) is 15.5. The van der Waals surface area contributed by atoms with Crippen molar-refractivity contribution in [1.82, 2.24) is 9.80 Å². The second-order valence-electron chi connectivity index (χ2n) is 6.30. The Morgan fingerprint density at radius 3 is 2.52 bits per heavy atom. The second-order valence-corrected chi connectivity index (χ2v) is 8.10. The summed E-state index contributed by atoms with van der Waals surface area (Å²) in [6, 6.07) is 10.8. The molecular formula is C18H21ClN2OS. The lowest BCUT2D eigenvalue weighted by Crippen LogP contribution is -2.45. The molecule has 0 bridgehead atoms. The van der Waals surface area contributed by atoms with E-state index in [1.165, 1.54) is 16.0 Å². The van der Waals surface area contributed by atoms with Crippen LogP contribution in [0.15, 0.2) is 30.3 Å². The van der Waals surface area contributed by atoms with Gasteiger partial charge in [-0.05, 0) is 29.3 Å². The zero-order chi connectivity index (χ0) is 15.6. The highest BCUT2D eigenvalue weighted by Gasteiger charge is 2.19. The van der Waals surface area contributed by atoms with E-state index in [1.807, 2.05) is 6.07 Å². The molecule has 23 heavy (non-hydrogen) atoms. The number of fused-ring (bicyclic) bond motifs is 1. The first-order chi connectivity index (χ1) is 11.3. The minimum Gasteiger partial charge on any atom is -0.493 e. The highest BCUT2D eigenvalue weighted by molar-refractivity contribution is 7.16. The molecule has 3 heterocycles. The first-order valence-electron chi connectivity index (χ1n) is 8.20. The minimum absolute atomic E-state index is 0.837. The van der Waals surface area contributed by atoms with Gasteiger partial charge in [-0.25, -0.2) is 0 Å².